The normalized spacial score (nSPS) is 13.5. The number of hydrogen-bond donors (Lipinski definition) is 7. The predicted octanol–water partition coefficient (Wildman–Crippen LogP) is -0.885. The first-order valence-electron chi connectivity index (χ1n) is 9.41. The highest BCUT2D eigenvalue weighted by atomic mass is 32.2. The summed E-state index contributed by atoms with van der Waals surface area (Å²) in [4.78, 5) is 47.9. The van der Waals surface area contributed by atoms with Gasteiger partial charge in [-0.25, -0.2) is 4.79 Å². The highest BCUT2D eigenvalue weighted by Crippen LogP contribution is 2.11. The van der Waals surface area contributed by atoms with Crippen LogP contribution in [0.15, 0.2) is 24.3 Å². The zero-order valence-corrected chi connectivity index (χ0v) is 18.7. The van der Waals surface area contributed by atoms with Crippen molar-refractivity contribution < 1.29 is 29.4 Å². The number of nitrogens with one attached hydrogen (secondary N) is 3. The number of benzene rings is 1. The van der Waals surface area contributed by atoms with Crippen LogP contribution in [0.4, 0.5) is 0 Å². The number of carboxylic acid groups (broad SMARTS) is 1. The van der Waals surface area contributed by atoms with E-state index in [4.69, 9.17) is 5.73 Å². The van der Waals surface area contributed by atoms with Crippen LogP contribution >= 0.6 is 24.4 Å². The second-order valence-electron chi connectivity index (χ2n) is 6.68. The number of phenols is 1. The van der Waals surface area contributed by atoms with E-state index in [1.165, 1.54) is 12.1 Å². The van der Waals surface area contributed by atoms with E-state index in [0.29, 0.717) is 17.7 Å². The molecule has 0 aliphatic rings. The van der Waals surface area contributed by atoms with Crippen LogP contribution in [0.25, 0.3) is 0 Å². The summed E-state index contributed by atoms with van der Waals surface area (Å²) in [5.74, 6) is -2.42. The zero-order chi connectivity index (χ0) is 23.4. The summed E-state index contributed by atoms with van der Waals surface area (Å²) in [6.07, 6.45) is 2.34. The molecule has 0 spiro atoms. The van der Waals surface area contributed by atoms with Crippen LogP contribution < -0.4 is 21.7 Å². The van der Waals surface area contributed by atoms with Crippen molar-refractivity contribution in [2.75, 3.05) is 24.3 Å². The number of thioether (sulfide) groups is 1. The number of aromatic hydroxyl groups is 1. The maximum Gasteiger partial charge on any atom is 0.326 e. The number of carboxylic acids is 1. The lowest BCUT2D eigenvalue weighted by atomic mass is 10.1. The van der Waals surface area contributed by atoms with Crippen molar-refractivity contribution in [3.8, 4) is 5.75 Å². The Morgan fingerprint density at radius 1 is 1.10 bits per heavy atom. The molecule has 0 radical (unpaired) electrons. The van der Waals surface area contributed by atoms with Gasteiger partial charge in [0.2, 0.25) is 17.7 Å². The molecule has 3 unspecified atom stereocenters. The molecule has 7 N–H and O–H groups in total. The predicted molar refractivity (Wildman–Crippen MR) is 121 cm³/mol. The topological polar surface area (TPSA) is 171 Å². The lowest BCUT2D eigenvalue weighted by Crippen LogP contribution is -2.54. The van der Waals surface area contributed by atoms with E-state index in [1.807, 2.05) is 6.26 Å². The third kappa shape index (κ3) is 9.94. The van der Waals surface area contributed by atoms with Gasteiger partial charge in [0.05, 0.1) is 12.6 Å². The number of rotatable bonds is 13. The van der Waals surface area contributed by atoms with E-state index in [0.717, 1.165) is 0 Å². The van der Waals surface area contributed by atoms with Gasteiger partial charge < -0.3 is 31.9 Å². The standard InChI is InChI=1S/C19H28N4O6S2/c1-31-7-6-13(20)17(26)21-9-16(25)22-15(10-30)18(27)23-14(19(28)29)8-11-2-4-12(24)5-3-11/h2-5,13-15,24,30H,6-10,20H2,1H3,(H,21,26)(H,22,25)(H,23,27)(H,28,29). The van der Waals surface area contributed by atoms with Crippen molar-refractivity contribution in [1.82, 2.24) is 16.0 Å². The van der Waals surface area contributed by atoms with E-state index in [2.05, 4.69) is 28.6 Å². The van der Waals surface area contributed by atoms with Gasteiger partial charge in [-0.2, -0.15) is 24.4 Å². The summed E-state index contributed by atoms with van der Waals surface area (Å²) >= 11 is 5.58. The van der Waals surface area contributed by atoms with Gasteiger partial charge in [0.15, 0.2) is 0 Å². The quantitative estimate of drug-likeness (QED) is 0.181. The third-order valence-electron chi connectivity index (χ3n) is 4.22. The maximum atomic E-state index is 12.4. The molecule has 0 fully saturated rings. The Balaban J connectivity index is 2.59. The SMILES string of the molecule is CSCCC(N)C(=O)NCC(=O)NC(CS)C(=O)NC(Cc1ccc(O)cc1)C(=O)O. The molecular formula is C19H28N4O6S2. The molecule has 1 aromatic rings. The van der Waals surface area contributed by atoms with Gasteiger partial charge in [-0.05, 0) is 36.1 Å². The molecule has 3 amide bonds. The summed E-state index contributed by atoms with van der Waals surface area (Å²) in [7, 11) is 0. The summed E-state index contributed by atoms with van der Waals surface area (Å²) in [5, 5.41) is 25.9. The first-order chi connectivity index (χ1) is 14.7. The minimum atomic E-state index is -1.25. The summed E-state index contributed by atoms with van der Waals surface area (Å²) in [6, 6.07) is 2.83. The van der Waals surface area contributed by atoms with Crippen molar-refractivity contribution in [3.05, 3.63) is 29.8 Å². The summed E-state index contributed by atoms with van der Waals surface area (Å²) < 4.78 is 0. The van der Waals surface area contributed by atoms with Crippen molar-refractivity contribution in [2.24, 2.45) is 5.73 Å². The Kier molecular flexibility index (Phi) is 11.8. The van der Waals surface area contributed by atoms with E-state index in [9.17, 15) is 29.4 Å². The van der Waals surface area contributed by atoms with Crippen LogP contribution in [0.5, 0.6) is 5.75 Å². The Hall–Kier alpha value is -2.44. The molecule has 0 aliphatic carbocycles. The van der Waals surface area contributed by atoms with Gasteiger partial charge in [-0.3, -0.25) is 14.4 Å². The number of nitrogens with two attached hydrogens (primary N) is 1. The molecule has 0 bridgehead atoms. The number of carbonyl (C=O) groups is 4. The monoisotopic (exact) mass is 472 g/mol. The van der Waals surface area contributed by atoms with Crippen LogP contribution in [0.2, 0.25) is 0 Å². The van der Waals surface area contributed by atoms with E-state index >= 15 is 0 Å². The number of phenolic OH excluding ortho intramolecular Hbond substituents is 1. The number of thiol groups is 1. The molecular weight excluding hydrogens is 444 g/mol. The van der Waals surface area contributed by atoms with Crippen LogP contribution in [0.3, 0.4) is 0 Å². The van der Waals surface area contributed by atoms with E-state index in [1.54, 1.807) is 23.9 Å². The zero-order valence-electron chi connectivity index (χ0n) is 17.0. The van der Waals surface area contributed by atoms with Crippen LogP contribution in [0.1, 0.15) is 12.0 Å². The molecule has 0 saturated carbocycles. The Labute approximate surface area is 190 Å². The lowest BCUT2D eigenvalue weighted by Gasteiger charge is -2.20. The van der Waals surface area contributed by atoms with Gasteiger partial charge in [0, 0.05) is 12.2 Å². The Bertz CT molecular complexity index is 762. The first kappa shape index (κ1) is 26.6. The fraction of sp³-hybridized carbons (Fsp3) is 0.474. The van der Waals surface area contributed by atoms with Gasteiger partial charge in [-0.1, -0.05) is 12.1 Å². The molecule has 0 aliphatic heterocycles. The second-order valence-corrected chi connectivity index (χ2v) is 8.03. The van der Waals surface area contributed by atoms with Gasteiger partial charge in [0.1, 0.15) is 17.8 Å². The molecule has 1 rings (SSSR count). The summed E-state index contributed by atoms with van der Waals surface area (Å²) in [5.41, 5.74) is 6.31. The number of amides is 3. The molecule has 0 saturated heterocycles. The lowest BCUT2D eigenvalue weighted by molar-refractivity contribution is -0.142. The molecule has 0 aromatic heterocycles. The van der Waals surface area contributed by atoms with Gasteiger partial charge in [0.25, 0.3) is 0 Å². The molecule has 12 heteroatoms. The Morgan fingerprint density at radius 2 is 1.74 bits per heavy atom. The van der Waals surface area contributed by atoms with Gasteiger partial charge in [-0.15, -0.1) is 0 Å². The average molecular weight is 473 g/mol. The van der Waals surface area contributed by atoms with Crippen LogP contribution in [-0.4, -0.2) is 76.3 Å². The fourth-order valence-corrected chi connectivity index (χ4v) is 3.20. The highest BCUT2D eigenvalue weighted by molar-refractivity contribution is 7.98. The minimum Gasteiger partial charge on any atom is -0.508 e. The third-order valence-corrected chi connectivity index (χ3v) is 5.23. The number of hydrogen-bond acceptors (Lipinski definition) is 8. The average Bonchev–Trinajstić information content (AvgIpc) is 2.74. The second kappa shape index (κ2) is 13.8. The number of carbonyl (C=O) groups excluding carboxylic acids is 3. The van der Waals surface area contributed by atoms with Crippen LogP contribution in [0, 0.1) is 0 Å². The van der Waals surface area contributed by atoms with Crippen LogP contribution in [-0.2, 0) is 25.6 Å². The molecule has 31 heavy (non-hydrogen) atoms. The van der Waals surface area contributed by atoms with Gasteiger partial charge >= 0.3 is 5.97 Å². The van der Waals surface area contributed by atoms with Crippen molar-refractivity contribution in [1.29, 1.82) is 0 Å². The first-order valence-corrected chi connectivity index (χ1v) is 11.4. The summed E-state index contributed by atoms with van der Waals surface area (Å²) in [6.45, 7) is -0.376. The minimum absolute atomic E-state index is 0.0153. The number of aliphatic carboxylic acids is 1. The smallest absolute Gasteiger partial charge is 0.326 e. The van der Waals surface area contributed by atoms with E-state index in [-0.39, 0.29) is 24.5 Å². The highest BCUT2D eigenvalue weighted by Gasteiger charge is 2.26. The fourth-order valence-electron chi connectivity index (χ4n) is 2.45. The van der Waals surface area contributed by atoms with E-state index < -0.39 is 41.8 Å². The van der Waals surface area contributed by atoms with Crippen molar-refractivity contribution in [3.63, 3.8) is 0 Å². The molecule has 3 atom stereocenters. The Morgan fingerprint density at radius 3 is 2.29 bits per heavy atom. The molecule has 10 nitrogen and oxygen atoms in total. The van der Waals surface area contributed by atoms with Crippen molar-refractivity contribution in [2.45, 2.75) is 31.0 Å². The molecule has 1 aromatic carbocycles. The van der Waals surface area contributed by atoms with Crippen molar-refractivity contribution >= 4 is 48.1 Å². The largest absolute Gasteiger partial charge is 0.508 e. The molecule has 172 valence electrons. The molecule has 0 heterocycles. The maximum absolute atomic E-state index is 12.4.